The Bertz CT molecular complexity index is 940. The quantitative estimate of drug-likeness (QED) is 0.822. The summed E-state index contributed by atoms with van der Waals surface area (Å²) in [5.74, 6) is 0. The number of nitrogens with zero attached hydrogens (tertiary/aromatic N) is 2. The molecule has 10 heteroatoms. The van der Waals surface area contributed by atoms with Crippen LogP contribution in [-0.4, -0.2) is 52.4 Å². The van der Waals surface area contributed by atoms with Crippen molar-refractivity contribution in [1.82, 2.24) is 9.29 Å². The zero-order chi connectivity index (χ0) is 17.9. The predicted molar refractivity (Wildman–Crippen MR) is 91.1 cm³/mol. The lowest BCUT2D eigenvalue weighted by Crippen LogP contribution is -2.41. The third-order valence-electron chi connectivity index (χ3n) is 3.66. The molecule has 1 saturated heterocycles. The highest BCUT2D eigenvalue weighted by atomic mass is 32.2. The number of pyridine rings is 1. The standard InChI is InChI=1S/C15H17N3O5S2/c19-24(20,17-13-5-7-16-8-6-13)14-3-1-2-4-15(14)25(21,22)18-9-11-23-12-10-18/h1-8H,9-12H2,(H,16,17). The van der Waals surface area contributed by atoms with Crippen molar-refractivity contribution in [3.05, 3.63) is 48.8 Å². The Morgan fingerprint density at radius 3 is 2.16 bits per heavy atom. The highest BCUT2D eigenvalue weighted by molar-refractivity contribution is 7.94. The van der Waals surface area contributed by atoms with Gasteiger partial charge >= 0.3 is 0 Å². The fraction of sp³-hybridized carbons (Fsp3) is 0.267. The number of ether oxygens (including phenoxy) is 1. The molecule has 1 aromatic heterocycles. The van der Waals surface area contributed by atoms with E-state index in [0.717, 1.165) is 0 Å². The van der Waals surface area contributed by atoms with E-state index in [2.05, 4.69) is 9.71 Å². The number of anilines is 1. The Morgan fingerprint density at radius 2 is 1.52 bits per heavy atom. The first-order valence-corrected chi connectivity index (χ1v) is 10.4. The molecule has 2 heterocycles. The molecular formula is C15H17N3O5S2. The fourth-order valence-electron chi connectivity index (χ4n) is 2.44. The van der Waals surface area contributed by atoms with Crippen LogP contribution in [0.1, 0.15) is 0 Å². The predicted octanol–water partition coefficient (Wildman–Crippen LogP) is 0.903. The van der Waals surface area contributed by atoms with Crippen molar-refractivity contribution in [2.75, 3.05) is 31.0 Å². The van der Waals surface area contributed by atoms with Gasteiger partial charge in [-0.3, -0.25) is 9.71 Å². The van der Waals surface area contributed by atoms with E-state index in [1.807, 2.05) is 0 Å². The second-order valence-corrected chi connectivity index (χ2v) is 8.86. The maximum absolute atomic E-state index is 12.9. The van der Waals surface area contributed by atoms with Crippen LogP contribution >= 0.6 is 0 Å². The SMILES string of the molecule is O=S(=O)(Nc1ccncc1)c1ccccc1S(=O)(=O)N1CCOCC1. The number of benzene rings is 1. The first-order chi connectivity index (χ1) is 11.9. The molecule has 1 N–H and O–H groups in total. The van der Waals surface area contributed by atoms with Crippen LogP contribution < -0.4 is 4.72 Å². The Balaban J connectivity index is 2.01. The van der Waals surface area contributed by atoms with Gasteiger partial charge in [0, 0.05) is 25.5 Å². The molecular weight excluding hydrogens is 366 g/mol. The van der Waals surface area contributed by atoms with Gasteiger partial charge in [-0.2, -0.15) is 4.31 Å². The highest BCUT2D eigenvalue weighted by Crippen LogP contribution is 2.26. The van der Waals surface area contributed by atoms with Crippen LogP contribution in [-0.2, 0) is 24.8 Å². The first kappa shape index (κ1) is 17.8. The van der Waals surface area contributed by atoms with Crippen LogP contribution in [0.4, 0.5) is 5.69 Å². The molecule has 0 unspecified atom stereocenters. The van der Waals surface area contributed by atoms with E-state index in [4.69, 9.17) is 4.74 Å². The molecule has 0 saturated carbocycles. The van der Waals surface area contributed by atoms with Crippen molar-refractivity contribution in [3.63, 3.8) is 0 Å². The Morgan fingerprint density at radius 1 is 0.920 bits per heavy atom. The molecule has 1 fully saturated rings. The van der Waals surface area contributed by atoms with E-state index in [0.29, 0.717) is 5.69 Å². The Labute approximate surface area is 146 Å². The van der Waals surface area contributed by atoms with Crippen LogP contribution in [0, 0.1) is 0 Å². The summed E-state index contributed by atoms with van der Waals surface area (Å²) in [6, 6.07) is 8.52. The molecule has 0 bridgehead atoms. The monoisotopic (exact) mass is 383 g/mol. The second-order valence-electron chi connectivity index (χ2n) is 5.30. The summed E-state index contributed by atoms with van der Waals surface area (Å²) in [6.45, 7) is 0.940. The number of hydrogen-bond acceptors (Lipinski definition) is 6. The van der Waals surface area contributed by atoms with Gasteiger partial charge in [0.25, 0.3) is 10.0 Å². The zero-order valence-electron chi connectivity index (χ0n) is 13.2. The summed E-state index contributed by atoms with van der Waals surface area (Å²) in [6.07, 6.45) is 2.88. The highest BCUT2D eigenvalue weighted by Gasteiger charge is 2.32. The van der Waals surface area contributed by atoms with Gasteiger partial charge in [0.2, 0.25) is 10.0 Å². The average Bonchev–Trinajstić information content (AvgIpc) is 2.63. The molecule has 25 heavy (non-hydrogen) atoms. The van der Waals surface area contributed by atoms with Gasteiger partial charge in [-0.25, -0.2) is 16.8 Å². The molecule has 0 aliphatic carbocycles. The molecule has 1 aliphatic rings. The van der Waals surface area contributed by atoms with E-state index >= 15 is 0 Å². The lowest BCUT2D eigenvalue weighted by molar-refractivity contribution is 0.0729. The molecule has 3 rings (SSSR count). The summed E-state index contributed by atoms with van der Waals surface area (Å²) in [7, 11) is -8.03. The molecule has 0 amide bonds. The molecule has 0 spiro atoms. The molecule has 8 nitrogen and oxygen atoms in total. The second kappa shape index (κ2) is 7.08. The number of hydrogen-bond donors (Lipinski definition) is 1. The molecule has 2 aromatic rings. The summed E-state index contributed by atoms with van der Waals surface area (Å²) in [5.41, 5.74) is 0.300. The summed E-state index contributed by atoms with van der Waals surface area (Å²) >= 11 is 0. The molecule has 134 valence electrons. The minimum atomic E-state index is -4.08. The summed E-state index contributed by atoms with van der Waals surface area (Å²) in [4.78, 5) is 3.27. The molecule has 1 aromatic carbocycles. The largest absolute Gasteiger partial charge is 0.379 e. The van der Waals surface area contributed by atoms with E-state index in [9.17, 15) is 16.8 Å². The first-order valence-electron chi connectivity index (χ1n) is 7.51. The van der Waals surface area contributed by atoms with Gasteiger partial charge in [-0.05, 0) is 24.3 Å². The van der Waals surface area contributed by atoms with Crippen LogP contribution in [0.3, 0.4) is 0 Å². The molecule has 1 aliphatic heterocycles. The fourth-order valence-corrected chi connectivity index (χ4v) is 5.71. The van der Waals surface area contributed by atoms with Crippen molar-refractivity contribution in [1.29, 1.82) is 0 Å². The van der Waals surface area contributed by atoms with Gasteiger partial charge in [0.05, 0.1) is 18.9 Å². The lowest BCUT2D eigenvalue weighted by Gasteiger charge is -2.26. The maximum atomic E-state index is 12.9. The Hall–Kier alpha value is -2.01. The topological polar surface area (TPSA) is 106 Å². The average molecular weight is 383 g/mol. The van der Waals surface area contributed by atoms with E-state index in [1.54, 1.807) is 0 Å². The van der Waals surface area contributed by atoms with E-state index in [-0.39, 0.29) is 36.1 Å². The third kappa shape index (κ3) is 3.82. The van der Waals surface area contributed by atoms with E-state index < -0.39 is 20.0 Å². The number of aromatic nitrogens is 1. The van der Waals surface area contributed by atoms with Crippen LogP contribution in [0.5, 0.6) is 0 Å². The zero-order valence-corrected chi connectivity index (χ0v) is 14.8. The van der Waals surface area contributed by atoms with Gasteiger partial charge in [-0.15, -0.1) is 0 Å². The number of sulfonamides is 2. The smallest absolute Gasteiger partial charge is 0.263 e. The number of morpholine rings is 1. The van der Waals surface area contributed by atoms with Crippen molar-refractivity contribution in [2.45, 2.75) is 9.79 Å². The van der Waals surface area contributed by atoms with Gasteiger partial charge in [-0.1, -0.05) is 12.1 Å². The van der Waals surface area contributed by atoms with Crippen molar-refractivity contribution < 1.29 is 21.6 Å². The van der Waals surface area contributed by atoms with Crippen LogP contribution in [0.25, 0.3) is 0 Å². The summed E-state index contributed by atoms with van der Waals surface area (Å²) in [5, 5.41) is 0. The van der Waals surface area contributed by atoms with Gasteiger partial charge in [0.15, 0.2) is 0 Å². The van der Waals surface area contributed by atoms with Crippen molar-refractivity contribution in [2.24, 2.45) is 0 Å². The Kier molecular flexibility index (Phi) is 5.04. The molecule has 0 radical (unpaired) electrons. The lowest BCUT2D eigenvalue weighted by atomic mass is 10.4. The van der Waals surface area contributed by atoms with Gasteiger partial charge in [0.1, 0.15) is 9.79 Å². The van der Waals surface area contributed by atoms with Gasteiger partial charge < -0.3 is 4.74 Å². The summed E-state index contributed by atoms with van der Waals surface area (Å²) < 4.78 is 59.9. The molecule has 0 atom stereocenters. The minimum absolute atomic E-state index is 0.189. The normalized spacial score (nSPS) is 16.5. The van der Waals surface area contributed by atoms with Crippen LogP contribution in [0.15, 0.2) is 58.6 Å². The number of rotatable bonds is 5. The van der Waals surface area contributed by atoms with Crippen molar-refractivity contribution in [3.8, 4) is 0 Å². The number of nitrogens with one attached hydrogen (secondary N) is 1. The van der Waals surface area contributed by atoms with E-state index in [1.165, 1.54) is 53.1 Å². The van der Waals surface area contributed by atoms with Crippen LogP contribution in [0.2, 0.25) is 0 Å². The maximum Gasteiger partial charge on any atom is 0.263 e. The third-order valence-corrected chi connectivity index (χ3v) is 7.18. The minimum Gasteiger partial charge on any atom is -0.379 e. The van der Waals surface area contributed by atoms with Crippen molar-refractivity contribution >= 4 is 25.7 Å².